The van der Waals surface area contributed by atoms with Crippen molar-refractivity contribution < 1.29 is 4.92 Å². The van der Waals surface area contributed by atoms with Gasteiger partial charge in [0.1, 0.15) is 0 Å². The van der Waals surface area contributed by atoms with Gasteiger partial charge in [-0.3, -0.25) is 15.1 Å². The van der Waals surface area contributed by atoms with E-state index >= 15 is 0 Å². The predicted molar refractivity (Wildman–Crippen MR) is 130 cm³/mol. The number of rotatable bonds is 5. The molecule has 0 N–H and O–H groups in total. The summed E-state index contributed by atoms with van der Waals surface area (Å²) in [6.07, 6.45) is 2.98. The standard InChI is InChI=1S/C25H26N4O2S/c1-16(2)14-26-25-28(24(15-32-25)19-7-5-8-20(13-19)29(30)31)27-23-10-6-9-21-18(4)11-17(3)12-22(21)23/h5,7-8,11-13,15H,1,6,9-10,14H2,2-4H3. The molecule has 3 aromatic rings. The Morgan fingerprint density at radius 1 is 1.25 bits per heavy atom. The highest BCUT2D eigenvalue weighted by Gasteiger charge is 2.19. The smallest absolute Gasteiger partial charge is 0.258 e. The lowest BCUT2D eigenvalue weighted by Crippen LogP contribution is -2.19. The van der Waals surface area contributed by atoms with Gasteiger partial charge in [-0.05, 0) is 57.2 Å². The van der Waals surface area contributed by atoms with E-state index in [9.17, 15) is 10.1 Å². The number of hydrogen-bond acceptors (Lipinski definition) is 5. The summed E-state index contributed by atoms with van der Waals surface area (Å²) in [5, 5.41) is 18.4. The molecule has 0 atom stereocenters. The van der Waals surface area contributed by atoms with Crippen molar-refractivity contribution >= 4 is 22.7 Å². The molecular formula is C25H26N4O2S. The SMILES string of the molecule is C=C(C)CN=c1scc(-c2cccc([N+](=O)[O-])c2)n1N=C1CCCc2c(C)cc(C)cc21. The molecule has 0 radical (unpaired) electrons. The van der Waals surface area contributed by atoms with E-state index in [1.165, 1.54) is 39.7 Å². The van der Waals surface area contributed by atoms with E-state index < -0.39 is 0 Å². The summed E-state index contributed by atoms with van der Waals surface area (Å²) in [4.78, 5) is 16.4. The Balaban J connectivity index is 1.92. The van der Waals surface area contributed by atoms with Crippen LogP contribution >= 0.6 is 11.3 Å². The van der Waals surface area contributed by atoms with Crippen molar-refractivity contribution in [2.75, 3.05) is 6.54 Å². The first kappa shape index (κ1) is 21.9. The molecule has 1 heterocycles. The number of hydrogen-bond donors (Lipinski definition) is 0. The Kier molecular flexibility index (Phi) is 6.19. The normalized spacial score (nSPS) is 15.1. The maximum atomic E-state index is 11.3. The van der Waals surface area contributed by atoms with Gasteiger partial charge in [0.2, 0.25) is 4.80 Å². The highest BCUT2D eigenvalue weighted by Crippen LogP contribution is 2.28. The van der Waals surface area contributed by atoms with E-state index in [1.807, 2.05) is 23.0 Å². The molecule has 1 aliphatic rings. The van der Waals surface area contributed by atoms with Crippen molar-refractivity contribution in [2.45, 2.75) is 40.0 Å². The molecule has 1 aliphatic carbocycles. The van der Waals surface area contributed by atoms with Crippen LogP contribution in [0.3, 0.4) is 0 Å². The van der Waals surface area contributed by atoms with Gasteiger partial charge in [-0.2, -0.15) is 5.10 Å². The Morgan fingerprint density at radius 2 is 2.06 bits per heavy atom. The Labute approximate surface area is 191 Å². The average molecular weight is 447 g/mol. The number of nitrogens with zero attached hydrogens (tertiary/aromatic N) is 4. The monoisotopic (exact) mass is 446 g/mol. The van der Waals surface area contributed by atoms with E-state index in [-0.39, 0.29) is 10.6 Å². The molecule has 0 saturated heterocycles. The zero-order chi connectivity index (χ0) is 22.8. The minimum Gasteiger partial charge on any atom is -0.258 e. The molecule has 0 fully saturated rings. The van der Waals surface area contributed by atoms with Gasteiger partial charge < -0.3 is 0 Å². The third-order valence-electron chi connectivity index (χ3n) is 5.51. The lowest BCUT2D eigenvalue weighted by atomic mass is 9.86. The molecule has 0 spiro atoms. The van der Waals surface area contributed by atoms with Gasteiger partial charge in [-0.1, -0.05) is 35.9 Å². The lowest BCUT2D eigenvalue weighted by molar-refractivity contribution is -0.384. The fraction of sp³-hybridized carbons (Fsp3) is 0.280. The molecule has 0 saturated carbocycles. The van der Waals surface area contributed by atoms with Crippen molar-refractivity contribution in [2.24, 2.45) is 10.1 Å². The van der Waals surface area contributed by atoms with Crippen molar-refractivity contribution in [3.05, 3.63) is 91.1 Å². The molecule has 0 aliphatic heterocycles. The highest BCUT2D eigenvalue weighted by atomic mass is 32.1. The van der Waals surface area contributed by atoms with Gasteiger partial charge in [-0.25, -0.2) is 4.68 Å². The third-order valence-corrected chi connectivity index (χ3v) is 6.37. The summed E-state index contributed by atoms with van der Waals surface area (Å²) in [6.45, 7) is 10.7. The van der Waals surface area contributed by atoms with Crippen LogP contribution < -0.4 is 4.80 Å². The molecule has 164 valence electrons. The molecule has 2 aromatic carbocycles. The third kappa shape index (κ3) is 4.48. The summed E-state index contributed by atoms with van der Waals surface area (Å²) in [5.74, 6) is 0. The first-order valence-corrected chi connectivity index (χ1v) is 11.5. The zero-order valence-corrected chi connectivity index (χ0v) is 19.4. The average Bonchev–Trinajstić information content (AvgIpc) is 3.15. The maximum absolute atomic E-state index is 11.3. The number of fused-ring (bicyclic) bond motifs is 1. The van der Waals surface area contributed by atoms with Crippen molar-refractivity contribution in [1.82, 2.24) is 4.68 Å². The molecule has 1 aromatic heterocycles. The van der Waals surface area contributed by atoms with Crippen molar-refractivity contribution in [1.29, 1.82) is 0 Å². The van der Waals surface area contributed by atoms with Crippen LogP contribution in [0.15, 0.2) is 64.0 Å². The van der Waals surface area contributed by atoms with Gasteiger partial charge in [-0.15, -0.1) is 11.3 Å². The highest BCUT2D eigenvalue weighted by molar-refractivity contribution is 7.07. The van der Waals surface area contributed by atoms with Crippen molar-refractivity contribution in [3.8, 4) is 11.3 Å². The molecule has 6 nitrogen and oxygen atoms in total. The van der Waals surface area contributed by atoms with Crippen LogP contribution in [0.5, 0.6) is 0 Å². The van der Waals surface area contributed by atoms with Crippen LogP contribution in [0.1, 0.15) is 42.0 Å². The number of nitro benzene ring substituents is 1. The number of nitro groups is 1. The second-order valence-corrected chi connectivity index (χ2v) is 9.14. The molecule has 32 heavy (non-hydrogen) atoms. The van der Waals surface area contributed by atoms with Crippen LogP contribution in [0.4, 0.5) is 5.69 Å². The molecule has 4 rings (SSSR count). The van der Waals surface area contributed by atoms with E-state index in [2.05, 4.69) is 32.6 Å². The quantitative estimate of drug-likeness (QED) is 0.282. The first-order chi connectivity index (χ1) is 15.3. The van der Waals surface area contributed by atoms with E-state index in [1.54, 1.807) is 12.1 Å². The molecule has 0 unspecified atom stereocenters. The molecular weight excluding hydrogens is 420 g/mol. The Morgan fingerprint density at radius 3 is 2.81 bits per heavy atom. The van der Waals surface area contributed by atoms with Crippen LogP contribution in [-0.4, -0.2) is 21.9 Å². The maximum Gasteiger partial charge on any atom is 0.270 e. The van der Waals surface area contributed by atoms with E-state index in [4.69, 9.17) is 10.1 Å². The minimum atomic E-state index is -0.374. The number of aryl methyl sites for hydroxylation is 2. The topological polar surface area (TPSA) is 72.8 Å². The molecule has 7 heteroatoms. The Hall–Kier alpha value is -3.32. The molecule has 0 amide bonds. The van der Waals surface area contributed by atoms with E-state index in [0.29, 0.717) is 6.54 Å². The fourth-order valence-electron chi connectivity index (χ4n) is 4.06. The second-order valence-electron chi connectivity index (χ2n) is 8.30. The van der Waals surface area contributed by atoms with Gasteiger partial charge >= 0.3 is 0 Å². The Bertz CT molecular complexity index is 1310. The summed E-state index contributed by atoms with van der Waals surface area (Å²) < 4.78 is 1.84. The second kappa shape index (κ2) is 9.04. The predicted octanol–water partition coefficient (Wildman–Crippen LogP) is 5.81. The number of thiazole rings is 1. The molecule has 0 bridgehead atoms. The minimum absolute atomic E-state index is 0.0580. The zero-order valence-electron chi connectivity index (χ0n) is 18.6. The number of non-ortho nitro benzene ring substituents is 1. The lowest BCUT2D eigenvalue weighted by Gasteiger charge is -2.21. The number of aromatic nitrogens is 1. The van der Waals surface area contributed by atoms with Gasteiger partial charge in [0.05, 0.1) is 22.9 Å². The van der Waals surface area contributed by atoms with Gasteiger partial charge in [0.15, 0.2) is 0 Å². The largest absolute Gasteiger partial charge is 0.270 e. The van der Waals surface area contributed by atoms with Crippen LogP contribution in [0.2, 0.25) is 0 Å². The van der Waals surface area contributed by atoms with E-state index in [0.717, 1.165) is 46.6 Å². The summed E-state index contributed by atoms with van der Waals surface area (Å²) >= 11 is 1.48. The first-order valence-electron chi connectivity index (χ1n) is 10.6. The summed E-state index contributed by atoms with van der Waals surface area (Å²) in [5.41, 5.74) is 8.66. The summed E-state index contributed by atoms with van der Waals surface area (Å²) in [7, 11) is 0. The van der Waals surface area contributed by atoms with Gasteiger partial charge in [0, 0.05) is 28.6 Å². The van der Waals surface area contributed by atoms with Gasteiger partial charge in [0.25, 0.3) is 5.69 Å². The fourth-order valence-corrected chi connectivity index (χ4v) is 4.89. The van der Waals surface area contributed by atoms with Crippen LogP contribution in [-0.2, 0) is 6.42 Å². The number of benzene rings is 2. The summed E-state index contributed by atoms with van der Waals surface area (Å²) in [6, 6.07) is 11.1. The van der Waals surface area contributed by atoms with Crippen LogP contribution in [0, 0.1) is 24.0 Å². The van der Waals surface area contributed by atoms with Crippen molar-refractivity contribution in [3.63, 3.8) is 0 Å². The van der Waals surface area contributed by atoms with Crippen LogP contribution in [0.25, 0.3) is 11.3 Å².